The summed E-state index contributed by atoms with van der Waals surface area (Å²) in [4.78, 5) is 17.8. The molecule has 0 radical (unpaired) electrons. The molecule has 1 N–H and O–H groups in total. The molecule has 3 aromatic rings. The maximum Gasteiger partial charge on any atom is 0.326 e. The lowest BCUT2D eigenvalue weighted by molar-refractivity contribution is 0.787. The molecule has 1 aliphatic rings. The van der Waals surface area contributed by atoms with Gasteiger partial charge in [0.2, 0.25) is 0 Å². The molecule has 0 unspecified atom stereocenters. The van der Waals surface area contributed by atoms with Crippen molar-refractivity contribution < 1.29 is 0 Å². The van der Waals surface area contributed by atoms with Crippen LogP contribution < -0.4 is 10.6 Å². The fraction of sp³-hybridized carbons (Fsp3) is 0.278. The molecule has 0 bridgehead atoms. The minimum absolute atomic E-state index is 0.0366. The Morgan fingerprint density at radius 1 is 0.955 bits per heavy atom. The van der Waals surface area contributed by atoms with E-state index in [1.54, 1.807) is 0 Å². The highest BCUT2D eigenvalue weighted by Gasteiger charge is 2.17. The van der Waals surface area contributed by atoms with Gasteiger partial charge in [-0.05, 0) is 30.5 Å². The van der Waals surface area contributed by atoms with E-state index >= 15 is 0 Å². The summed E-state index contributed by atoms with van der Waals surface area (Å²) in [7, 11) is 0. The van der Waals surface area contributed by atoms with E-state index in [9.17, 15) is 4.79 Å². The third kappa shape index (κ3) is 2.21. The summed E-state index contributed by atoms with van der Waals surface area (Å²) in [6.45, 7) is 2.75. The second-order valence-electron chi connectivity index (χ2n) is 5.87. The van der Waals surface area contributed by atoms with Gasteiger partial charge >= 0.3 is 5.69 Å². The zero-order valence-electron chi connectivity index (χ0n) is 12.5. The van der Waals surface area contributed by atoms with Gasteiger partial charge in [0.15, 0.2) is 0 Å². The fourth-order valence-electron chi connectivity index (χ4n) is 3.31. The van der Waals surface area contributed by atoms with Crippen LogP contribution in [0.5, 0.6) is 0 Å². The van der Waals surface area contributed by atoms with E-state index in [-0.39, 0.29) is 5.69 Å². The zero-order valence-corrected chi connectivity index (χ0v) is 12.5. The van der Waals surface area contributed by atoms with Crippen LogP contribution in [-0.4, -0.2) is 22.6 Å². The standard InChI is InChI=1S/C18H19N3O/c22-18-19-17-15(20-11-4-5-12-20)9-6-10-16(17)21(18)13-14-7-2-1-3-8-14/h1-3,6-10H,4-5,11-13H2,(H,19,22). The van der Waals surface area contributed by atoms with Crippen LogP contribution in [0.25, 0.3) is 11.0 Å². The molecule has 1 fully saturated rings. The molecule has 22 heavy (non-hydrogen) atoms. The van der Waals surface area contributed by atoms with E-state index in [4.69, 9.17) is 0 Å². The second-order valence-corrected chi connectivity index (χ2v) is 5.87. The molecular formula is C18H19N3O. The third-order valence-corrected chi connectivity index (χ3v) is 4.42. The minimum atomic E-state index is -0.0366. The molecule has 0 atom stereocenters. The topological polar surface area (TPSA) is 41.0 Å². The molecule has 1 aromatic heterocycles. The number of aromatic amines is 1. The number of hydrogen-bond donors (Lipinski definition) is 1. The SMILES string of the molecule is O=c1[nH]c2c(N3CCCC3)cccc2n1Cc1ccccc1. The number of hydrogen-bond acceptors (Lipinski definition) is 2. The highest BCUT2D eigenvalue weighted by atomic mass is 16.1. The Balaban J connectivity index is 1.81. The van der Waals surface area contributed by atoms with Crippen molar-refractivity contribution in [3.05, 3.63) is 64.6 Å². The molecule has 112 valence electrons. The Morgan fingerprint density at radius 2 is 1.73 bits per heavy atom. The first-order chi connectivity index (χ1) is 10.8. The number of rotatable bonds is 3. The highest BCUT2D eigenvalue weighted by molar-refractivity contribution is 5.89. The second kappa shape index (κ2) is 5.37. The van der Waals surface area contributed by atoms with Crippen molar-refractivity contribution in [1.29, 1.82) is 0 Å². The van der Waals surface area contributed by atoms with Crippen LogP contribution in [-0.2, 0) is 6.54 Å². The first-order valence-electron chi connectivity index (χ1n) is 7.83. The van der Waals surface area contributed by atoms with Crippen molar-refractivity contribution >= 4 is 16.7 Å². The third-order valence-electron chi connectivity index (χ3n) is 4.42. The van der Waals surface area contributed by atoms with Crippen molar-refractivity contribution in [2.75, 3.05) is 18.0 Å². The van der Waals surface area contributed by atoms with Crippen LogP contribution in [0.4, 0.5) is 5.69 Å². The van der Waals surface area contributed by atoms with Crippen LogP contribution in [0.15, 0.2) is 53.3 Å². The van der Waals surface area contributed by atoms with Gasteiger partial charge in [-0.25, -0.2) is 4.79 Å². The number of benzene rings is 2. The maximum atomic E-state index is 12.4. The number of para-hydroxylation sites is 1. The van der Waals surface area contributed by atoms with Crippen LogP contribution in [0.2, 0.25) is 0 Å². The molecule has 2 aromatic carbocycles. The molecule has 1 aliphatic heterocycles. The molecule has 1 saturated heterocycles. The summed E-state index contributed by atoms with van der Waals surface area (Å²) in [6, 6.07) is 16.3. The number of nitrogens with one attached hydrogen (secondary N) is 1. The summed E-state index contributed by atoms with van der Waals surface area (Å²) < 4.78 is 1.82. The number of nitrogens with zero attached hydrogens (tertiary/aromatic N) is 2. The Hall–Kier alpha value is -2.49. The van der Waals surface area contributed by atoms with Gasteiger partial charge in [0, 0.05) is 13.1 Å². The number of H-pyrrole nitrogens is 1. The van der Waals surface area contributed by atoms with Gasteiger partial charge in [-0.15, -0.1) is 0 Å². The van der Waals surface area contributed by atoms with Crippen LogP contribution in [0.3, 0.4) is 0 Å². The summed E-state index contributed by atoms with van der Waals surface area (Å²) >= 11 is 0. The number of imidazole rings is 1. The van der Waals surface area contributed by atoms with E-state index in [1.807, 2.05) is 34.9 Å². The normalized spacial score (nSPS) is 14.8. The van der Waals surface area contributed by atoms with Crippen molar-refractivity contribution in [2.24, 2.45) is 0 Å². The molecule has 0 amide bonds. The molecule has 4 nitrogen and oxygen atoms in total. The molecule has 0 aliphatic carbocycles. The number of fused-ring (bicyclic) bond motifs is 1. The minimum Gasteiger partial charge on any atom is -0.370 e. The summed E-state index contributed by atoms with van der Waals surface area (Å²) in [6.07, 6.45) is 2.46. The molecule has 2 heterocycles. The summed E-state index contributed by atoms with van der Waals surface area (Å²) in [5, 5.41) is 0. The number of aromatic nitrogens is 2. The molecule has 4 rings (SSSR count). The lowest BCUT2D eigenvalue weighted by Crippen LogP contribution is -2.18. The Bertz CT molecular complexity index is 842. The quantitative estimate of drug-likeness (QED) is 0.806. The van der Waals surface area contributed by atoms with Gasteiger partial charge in [0.1, 0.15) is 0 Å². The average Bonchev–Trinajstić information content (AvgIpc) is 3.17. The lowest BCUT2D eigenvalue weighted by atomic mass is 10.2. The van der Waals surface area contributed by atoms with Gasteiger partial charge in [-0.1, -0.05) is 36.4 Å². The van der Waals surface area contributed by atoms with E-state index in [0.717, 1.165) is 35.4 Å². The van der Waals surface area contributed by atoms with Gasteiger partial charge in [-0.3, -0.25) is 4.57 Å². The van der Waals surface area contributed by atoms with Crippen molar-refractivity contribution in [3.8, 4) is 0 Å². The zero-order chi connectivity index (χ0) is 14.9. The Labute approximate surface area is 129 Å². The Kier molecular flexibility index (Phi) is 3.22. The van der Waals surface area contributed by atoms with Gasteiger partial charge < -0.3 is 9.88 Å². The first-order valence-corrected chi connectivity index (χ1v) is 7.83. The van der Waals surface area contributed by atoms with Crippen molar-refractivity contribution in [2.45, 2.75) is 19.4 Å². The van der Waals surface area contributed by atoms with Crippen LogP contribution >= 0.6 is 0 Å². The van der Waals surface area contributed by atoms with Crippen molar-refractivity contribution in [3.63, 3.8) is 0 Å². The smallest absolute Gasteiger partial charge is 0.326 e. The van der Waals surface area contributed by atoms with E-state index < -0.39 is 0 Å². The van der Waals surface area contributed by atoms with Crippen LogP contribution in [0, 0.1) is 0 Å². The molecule has 0 spiro atoms. The van der Waals surface area contributed by atoms with Crippen LogP contribution in [0.1, 0.15) is 18.4 Å². The molecular weight excluding hydrogens is 274 g/mol. The van der Waals surface area contributed by atoms with E-state index in [2.05, 4.69) is 28.1 Å². The molecule has 0 saturated carbocycles. The summed E-state index contributed by atoms with van der Waals surface area (Å²) in [5.74, 6) is 0. The largest absolute Gasteiger partial charge is 0.370 e. The first kappa shape index (κ1) is 13.2. The van der Waals surface area contributed by atoms with Gasteiger partial charge in [0.05, 0.1) is 23.3 Å². The van der Waals surface area contributed by atoms with Gasteiger partial charge in [0.25, 0.3) is 0 Å². The summed E-state index contributed by atoms with van der Waals surface area (Å²) in [5.41, 5.74) is 4.20. The van der Waals surface area contributed by atoms with Crippen molar-refractivity contribution in [1.82, 2.24) is 9.55 Å². The Morgan fingerprint density at radius 3 is 2.50 bits per heavy atom. The van der Waals surface area contributed by atoms with E-state index in [0.29, 0.717) is 6.54 Å². The predicted octanol–water partition coefficient (Wildman–Crippen LogP) is 2.98. The number of anilines is 1. The average molecular weight is 293 g/mol. The lowest BCUT2D eigenvalue weighted by Gasteiger charge is -2.18. The van der Waals surface area contributed by atoms with Gasteiger partial charge in [-0.2, -0.15) is 0 Å². The fourth-order valence-corrected chi connectivity index (χ4v) is 3.31. The highest BCUT2D eigenvalue weighted by Crippen LogP contribution is 2.27. The predicted molar refractivity (Wildman–Crippen MR) is 89.5 cm³/mol. The van der Waals surface area contributed by atoms with E-state index in [1.165, 1.54) is 12.8 Å². The molecule has 4 heteroatoms. The maximum absolute atomic E-state index is 12.4. The monoisotopic (exact) mass is 293 g/mol.